The van der Waals surface area contributed by atoms with Crippen LogP contribution in [0.4, 0.5) is 0 Å². The van der Waals surface area contributed by atoms with E-state index in [1.165, 1.54) is 11.3 Å². The van der Waals surface area contributed by atoms with E-state index in [1.54, 1.807) is 6.20 Å². The zero-order valence-corrected chi connectivity index (χ0v) is 10.8. The number of hydrogen-bond acceptors (Lipinski definition) is 4. The summed E-state index contributed by atoms with van der Waals surface area (Å²) in [7, 11) is 0. The lowest BCUT2D eigenvalue weighted by atomic mass is 9.90. The molecule has 1 atom stereocenters. The van der Waals surface area contributed by atoms with Gasteiger partial charge in [0.15, 0.2) is 0 Å². The summed E-state index contributed by atoms with van der Waals surface area (Å²) in [5.41, 5.74) is 6.61. The molecule has 1 saturated heterocycles. The summed E-state index contributed by atoms with van der Waals surface area (Å²) in [6.07, 6.45) is 4.00. The number of amides is 1. The molecule has 2 aromatic rings. The van der Waals surface area contributed by atoms with Crippen molar-refractivity contribution < 1.29 is 4.79 Å². The largest absolute Gasteiger partial charge is 0.365 e. The van der Waals surface area contributed by atoms with Gasteiger partial charge in [-0.2, -0.15) is 0 Å². The van der Waals surface area contributed by atoms with Gasteiger partial charge < -0.3 is 11.1 Å². The third-order valence-electron chi connectivity index (χ3n) is 3.43. The second-order valence-electron chi connectivity index (χ2n) is 4.61. The predicted octanol–water partition coefficient (Wildman–Crippen LogP) is 1.86. The molecule has 3 heterocycles. The van der Waals surface area contributed by atoms with E-state index in [4.69, 9.17) is 5.73 Å². The zero-order valence-electron chi connectivity index (χ0n) is 9.98. The SMILES string of the molecule is NC(=O)c1sc2ncccc2c1C1CCCNC1. The molecule has 18 heavy (non-hydrogen) atoms. The lowest BCUT2D eigenvalue weighted by molar-refractivity contribution is 0.100. The van der Waals surface area contributed by atoms with E-state index in [1.807, 2.05) is 12.1 Å². The van der Waals surface area contributed by atoms with Crippen molar-refractivity contribution in [3.05, 3.63) is 28.8 Å². The van der Waals surface area contributed by atoms with Crippen molar-refractivity contribution in [1.82, 2.24) is 10.3 Å². The van der Waals surface area contributed by atoms with Gasteiger partial charge >= 0.3 is 0 Å². The third kappa shape index (κ3) is 1.89. The summed E-state index contributed by atoms with van der Waals surface area (Å²) in [5, 5.41) is 4.47. The van der Waals surface area contributed by atoms with Crippen LogP contribution < -0.4 is 11.1 Å². The van der Waals surface area contributed by atoms with Crippen LogP contribution in [-0.2, 0) is 0 Å². The van der Waals surface area contributed by atoms with E-state index in [-0.39, 0.29) is 5.91 Å². The number of piperidine rings is 1. The van der Waals surface area contributed by atoms with Gasteiger partial charge in [-0.05, 0) is 36.9 Å². The lowest BCUT2D eigenvalue weighted by Gasteiger charge is -2.23. The molecule has 1 aliphatic rings. The molecule has 2 aromatic heterocycles. The Morgan fingerprint density at radius 2 is 2.44 bits per heavy atom. The molecule has 1 amide bonds. The van der Waals surface area contributed by atoms with Gasteiger partial charge in [0.05, 0.1) is 4.88 Å². The highest BCUT2D eigenvalue weighted by atomic mass is 32.1. The molecule has 1 aliphatic heterocycles. The van der Waals surface area contributed by atoms with E-state index in [9.17, 15) is 4.79 Å². The molecule has 5 heteroatoms. The van der Waals surface area contributed by atoms with Crippen LogP contribution in [0.3, 0.4) is 0 Å². The topological polar surface area (TPSA) is 68.0 Å². The maximum absolute atomic E-state index is 11.6. The number of primary amides is 1. The summed E-state index contributed by atoms with van der Waals surface area (Å²) in [5.74, 6) is 0.0396. The predicted molar refractivity (Wildman–Crippen MR) is 73.0 cm³/mol. The Balaban J connectivity index is 2.17. The smallest absolute Gasteiger partial charge is 0.259 e. The number of nitrogens with two attached hydrogens (primary N) is 1. The molecule has 4 nitrogen and oxygen atoms in total. The molecule has 0 bridgehead atoms. The van der Waals surface area contributed by atoms with Crippen LogP contribution in [0.2, 0.25) is 0 Å². The number of carbonyl (C=O) groups excluding carboxylic acids is 1. The average molecular weight is 261 g/mol. The quantitative estimate of drug-likeness (QED) is 0.867. The van der Waals surface area contributed by atoms with Crippen molar-refractivity contribution in [1.29, 1.82) is 0 Å². The summed E-state index contributed by atoms with van der Waals surface area (Å²) >= 11 is 1.41. The first-order valence-electron chi connectivity index (χ1n) is 6.15. The van der Waals surface area contributed by atoms with Crippen molar-refractivity contribution >= 4 is 27.5 Å². The van der Waals surface area contributed by atoms with Crippen molar-refractivity contribution in [3.63, 3.8) is 0 Å². The van der Waals surface area contributed by atoms with Crippen LogP contribution in [0.15, 0.2) is 18.3 Å². The van der Waals surface area contributed by atoms with Gasteiger partial charge in [-0.1, -0.05) is 6.07 Å². The second kappa shape index (κ2) is 4.66. The summed E-state index contributed by atoms with van der Waals surface area (Å²) in [6.45, 7) is 1.98. The molecule has 0 radical (unpaired) electrons. The van der Waals surface area contributed by atoms with Gasteiger partial charge in [0, 0.05) is 18.1 Å². The van der Waals surface area contributed by atoms with E-state index in [0.29, 0.717) is 10.8 Å². The summed E-state index contributed by atoms with van der Waals surface area (Å²) in [4.78, 5) is 17.5. The normalized spacial score (nSPS) is 20.1. The minimum Gasteiger partial charge on any atom is -0.365 e. The fourth-order valence-electron chi connectivity index (χ4n) is 2.64. The lowest BCUT2D eigenvalue weighted by Crippen LogP contribution is -2.29. The highest BCUT2D eigenvalue weighted by Gasteiger charge is 2.25. The fraction of sp³-hybridized carbons (Fsp3) is 0.385. The Morgan fingerprint density at radius 3 is 3.17 bits per heavy atom. The number of pyridine rings is 1. The number of fused-ring (bicyclic) bond motifs is 1. The average Bonchev–Trinajstić information content (AvgIpc) is 2.79. The Morgan fingerprint density at radius 1 is 1.56 bits per heavy atom. The number of thiophene rings is 1. The van der Waals surface area contributed by atoms with Gasteiger partial charge in [0.25, 0.3) is 5.91 Å². The molecular weight excluding hydrogens is 246 g/mol. The van der Waals surface area contributed by atoms with E-state index < -0.39 is 0 Å². The van der Waals surface area contributed by atoms with Gasteiger partial charge in [-0.3, -0.25) is 4.79 Å². The first-order valence-corrected chi connectivity index (χ1v) is 6.97. The highest BCUT2D eigenvalue weighted by Crippen LogP contribution is 2.37. The maximum Gasteiger partial charge on any atom is 0.259 e. The van der Waals surface area contributed by atoms with Gasteiger partial charge in [-0.25, -0.2) is 4.98 Å². The third-order valence-corrected chi connectivity index (χ3v) is 4.58. The molecule has 1 fully saturated rings. The monoisotopic (exact) mass is 261 g/mol. The number of aromatic nitrogens is 1. The van der Waals surface area contributed by atoms with Crippen molar-refractivity contribution in [3.8, 4) is 0 Å². The molecule has 0 aromatic carbocycles. The van der Waals surface area contributed by atoms with Gasteiger partial charge in [0.1, 0.15) is 4.83 Å². The highest BCUT2D eigenvalue weighted by molar-refractivity contribution is 7.20. The van der Waals surface area contributed by atoms with Crippen LogP contribution in [0.25, 0.3) is 10.2 Å². The minimum absolute atomic E-state index is 0.335. The Kier molecular flexibility index (Phi) is 3.01. The first kappa shape index (κ1) is 11.6. The Bertz CT molecular complexity index is 587. The van der Waals surface area contributed by atoms with Crippen LogP contribution in [0.1, 0.15) is 34.0 Å². The van der Waals surface area contributed by atoms with Crippen molar-refractivity contribution in [2.45, 2.75) is 18.8 Å². The van der Waals surface area contributed by atoms with E-state index in [0.717, 1.165) is 41.7 Å². The van der Waals surface area contributed by atoms with Crippen LogP contribution in [0, 0.1) is 0 Å². The number of nitrogens with zero attached hydrogens (tertiary/aromatic N) is 1. The van der Waals surface area contributed by atoms with Crippen molar-refractivity contribution in [2.24, 2.45) is 5.73 Å². The molecular formula is C13H15N3OS. The molecule has 1 unspecified atom stereocenters. The zero-order chi connectivity index (χ0) is 12.5. The van der Waals surface area contributed by atoms with Gasteiger partial charge in [0.2, 0.25) is 0 Å². The molecule has 0 spiro atoms. The number of hydrogen-bond donors (Lipinski definition) is 2. The molecule has 3 rings (SSSR count). The van der Waals surface area contributed by atoms with Crippen LogP contribution in [-0.4, -0.2) is 24.0 Å². The number of rotatable bonds is 2. The molecule has 0 saturated carbocycles. The fourth-order valence-corrected chi connectivity index (χ4v) is 3.72. The molecule has 94 valence electrons. The van der Waals surface area contributed by atoms with Gasteiger partial charge in [-0.15, -0.1) is 11.3 Å². The summed E-state index contributed by atoms with van der Waals surface area (Å²) < 4.78 is 0. The van der Waals surface area contributed by atoms with Crippen LogP contribution in [0.5, 0.6) is 0 Å². The van der Waals surface area contributed by atoms with Crippen LogP contribution >= 0.6 is 11.3 Å². The van der Waals surface area contributed by atoms with E-state index >= 15 is 0 Å². The maximum atomic E-state index is 11.6. The minimum atomic E-state index is -0.335. The Labute approximate surface area is 109 Å². The summed E-state index contributed by atoms with van der Waals surface area (Å²) in [6, 6.07) is 3.95. The molecule has 3 N–H and O–H groups in total. The van der Waals surface area contributed by atoms with E-state index in [2.05, 4.69) is 10.3 Å². The number of carbonyl (C=O) groups is 1. The first-order chi connectivity index (χ1) is 8.77. The number of nitrogens with one attached hydrogen (secondary N) is 1. The Hall–Kier alpha value is -1.46. The molecule has 0 aliphatic carbocycles. The standard InChI is InChI=1S/C13H15N3OS/c14-12(17)11-10(8-3-1-5-15-7-8)9-4-2-6-16-13(9)18-11/h2,4,6,8,15H,1,3,5,7H2,(H2,14,17). The second-order valence-corrected chi connectivity index (χ2v) is 5.61. The van der Waals surface area contributed by atoms with Crippen molar-refractivity contribution in [2.75, 3.05) is 13.1 Å².